The van der Waals surface area contributed by atoms with Crippen LogP contribution in [0, 0.1) is 17.4 Å². The minimum atomic E-state index is -0.760. The van der Waals surface area contributed by atoms with Gasteiger partial charge in [0, 0.05) is 6.42 Å². The summed E-state index contributed by atoms with van der Waals surface area (Å²) in [6, 6.07) is -1.35. The number of carbonyl (C=O) groups excluding carboxylic acids is 3. The lowest BCUT2D eigenvalue weighted by molar-refractivity contribution is -0.130. The van der Waals surface area contributed by atoms with Crippen molar-refractivity contribution in [1.82, 2.24) is 16.0 Å². The second-order valence-corrected chi connectivity index (χ2v) is 4.95. The molecule has 0 spiro atoms. The predicted octanol–water partition coefficient (Wildman–Crippen LogP) is -0.607. The lowest BCUT2D eigenvalue weighted by atomic mass is 10.0. The Hall–Kier alpha value is -2.10. The van der Waals surface area contributed by atoms with Gasteiger partial charge < -0.3 is 10.6 Å². The van der Waals surface area contributed by atoms with Crippen molar-refractivity contribution in [2.75, 3.05) is 0 Å². The van der Waals surface area contributed by atoms with Crippen LogP contribution >= 0.6 is 0 Å². The van der Waals surface area contributed by atoms with E-state index in [1.54, 1.807) is 6.19 Å². The number of nitriles is 1. The maximum Gasteiger partial charge on any atom is 0.255 e. The highest BCUT2D eigenvalue weighted by Gasteiger charge is 2.30. The average molecular weight is 266 g/mol. The number of nitrogens with zero attached hydrogens (tertiary/aromatic N) is 1. The van der Waals surface area contributed by atoms with Crippen LogP contribution < -0.4 is 16.0 Å². The van der Waals surface area contributed by atoms with Crippen LogP contribution in [-0.4, -0.2) is 29.8 Å². The Morgan fingerprint density at radius 1 is 1.53 bits per heavy atom. The molecule has 0 saturated carbocycles. The fourth-order valence-electron chi connectivity index (χ4n) is 1.93. The zero-order valence-electron chi connectivity index (χ0n) is 11.0. The zero-order valence-corrected chi connectivity index (χ0v) is 11.0. The summed E-state index contributed by atoms with van der Waals surface area (Å²) in [7, 11) is 0. The van der Waals surface area contributed by atoms with E-state index < -0.39 is 18.0 Å². The summed E-state index contributed by atoms with van der Waals surface area (Å²) in [5.74, 6) is -0.895. The first kappa shape index (κ1) is 15.0. The number of hydrogen-bond donors (Lipinski definition) is 3. The predicted molar refractivity (Wildman–Crippen MR) is 66.3 cm³/mol. The molecule has 1 aliphatic heterocycles. The van der Waals surface area contributed by atoms with E-state index in [0.717, 1.165) is 0 Å². The van der Waals surface area contributed by atoms with Gasteiger partial charge in [-0.05, 0) is 18.8 Å². The van der Waals surface area contributed by atoms with Crippen LogP contribution in [0.25, 0.3) is 0 Å². The second-order valence-electron chi connectivity index (χ2n) is 4.95. The van der Waals surface area contributed by atoms with E-state index in [0.29, 0.717) is 19.3 Å². The fraction of sp³-hybridized carbons (Fsp3) is 0.667. The van der Waals surface area contributed by atoms with Gasteiger partial charge >= 0.3 is 0 Å². The van der Waals surface area contributed by atoms with Crippen LogP contribution in [0.4, 0.5) is 0 Å². The van der Waals surface area contributed by atoms with Crippen LogP contribution in [0.15, 0.2) is 0 Å². The Morgan fingerprint density at radius 3 is 2.68 bits per heavy atom. The van der Waals surface area contributed by atoms with Gasteiger partial charge in [-0.15, -0.1) is 0 Å². The normalized spacial score (nSPS) is 19.5. The lowest BCUT2D eigenvalue weighted by Gasteiger charge is -2.20. The molecule has 19 heavy (non-hydrogen) atoms. The summed E-state index contributed by atoms with van der Waals surface area (Å²) < 4.78 is 0. The Balaban J connectivity index is 2.61. The first-order valence-electron chi connectivity index (χ1n) is 6.22. The van der Waals surface area contributed by atoms with Crippen LogP contribution in [0.5, 0.6) is 0 Å². The minimum absolute atomic E-state index is 0.165. The molecule has 0 aliphatic carbocycles. The average Bonchev–Trinajstić information content (AvgIpc) is 2.74. The van der Waals surface area contributed by atoms with Gasteiger partial charge in [-0.25, -0.2) is 0 Å². The van der Waals surface area contributed by atoms with Crippen molar-refractivity contribution in [3.8, 4) is 6.19 Å². The molecule has 7 nitrogen and oxygen atoms in total. The molecule has 0 radical (unpaired) electrons. The van der Waals surface area contributed by atoms with Gasteiger partial charge in [0.1, 0.15) is 12.1 Å². The molecule has 104 valence electrons. The molecular weight excluding hydrogens is 248 g/mol. The SMILES string of the molecule is CC(C)C[C@H](NC(=O)[C@@H]1CCC(=O)N1)C(=O)NC#N. The van der Waals surface area contributed by atoms with Crippen molar-refractivity contribution in [1.29, 1.82) is 5.26 Å². The van der Waals surface area contributed by atoms with Gasteiger partial charge in [0.05, 0.1) is 0 Å². The van der Waals surface area contributed by atoms with Gasteiger partial charge in [-0.1, -0.05) is 13.8 Å². The highest BCUT2D eigenvalue weighted by molar-refractivity contribution is 5.94. The first-order chi connectivity index (χ1) is 8.93. The van der Waals surface area contributed by atoms with Crippen LogP contribution in [0.1, 0.15) is 33.1 Å². The molecule has 1 aliphatic rings. The van der Waals surface area contributed by atoms with E-state index in [9.17, 15) is 14.4 Å². The highest BCUT2D eigenvalue weighted by atomic mass is 16.2. The number of hydrogen-bond acceptors (Lipinski definition) is 4. The van der Waals surface area contributed by atoms with Crippen molar-refractivity contribution in [3.63, 3.8) is 0 Å². The van der Waals surface area contributed by atoms with Crippen molar-refractivity contribution in [3.05, 3.63) is 0 Å². The lowest BCUT2D eigenvalue weighted by Crippen LogP contribution is -2.51. The molecule has 0 aromatic carbocycles. The number of rotatable bonds is 5. The largest absolute Gasteiger partial charge is 0.344 e. The molecule has 7 heteroatoms. The molecule has 0 bridgehead atoms. The molecule has 1 fully saturated rings. The molecule has 3 N–H and O–H groups in total. The third-order valence-electron chi connectivity index (χ3n) is 2.83. The number of carbonyl (C=O) groups is 3. The molecule has 0 aromatic rings. The molecule has 1 saturated heterocycles. The van der Waals surface area contributed by atoms with E-state index in [4.69, 9.17) is 5.26 Å². The molecule has 1 heterocycles. The van der Waals surface area contributed by atoms with Gasteiger partial charge in [0.25, 0.3) is 5.91 Å². The maximum atomic E-state index is 11.9. The third-order valence-corrected chi connectivity index (χ3v) is 2.83. The van der Waals surface area contributed by atoms with Crippen molar-refractivity contribution < 1.29 is 14.4 Å². The third kappa shape index (κ3) is 4.58. The summed E-state index contributed by atoms with van der Waals surface area (Å²) >= 11 is 0. The smallest absolute Gasteiger partial charge is 0.255 e. The van der Waals surface area contributed by atoms with Gasteiger partial charge in [-0.3, -0.25) is 19.7 Å². The number of nitrogens with one attached hydrogen (secondary N) is 3. The summed E-state index contributed by atoms with van der Waals surface area (Å²) in [4.78, 5) is 34.6. The van der Waals surface area contributed by atoms with Gasteiger partial charge in [0.2, 0.25) is 11.8 Å². The number of amides is 3. The fourth-order valence-corrected chi connectivity index (χ4v) is 1.93. The zero-order chi connectivity index (χ0) is 14.4. The summed E-state index contributed by atoms with van der Waals surface area (Å²) in [6.07, 6.45) is 2.73. The monoisotopic (exact) mass is 266 g/mol. The standard InChI is InChI=1S/C12H18N4O3/c1-7(2)5-9(11(18)14-6-13)16-12(19)8-3-4-10(17)15-8/h7-9H,3-5H2,1-2H3,(H,14,18)(H,15,17)(H,16,19)/t8-,9-/m0/s1. The van der Waals surface area contributed by atoms with E-state index in [2.05, 4.69) is 10.6 Å². The Bertz CT molecular complexity index is 414. The quantitative estimate of drug-likeness (QED) is 0.455. The van der Waals surface area contributed by atoms with Crippen LogP contribution in [-0.2, 0) is 14.4 Å². The summed E-state index contributed by atoms with van der Waals surface area (Å²) in [6.45, 7) is 3.83. The maximum absolute atomic E-state index is 11.9. The molecule has 2 atom stereocenters. The topological polar surface area (TPSA) is 111 Å². The summed E-state index contributed by atoms with van der Waals surface area (Å²) in [5.41, 5.74) is 0. The molecule has 3 amide bonds. The molecule has 0 aromatic heterocycles. The van der Waals surface area contributed by atoms with E-state index in [1.807, 2.05) is 19.2 Å². The Labute approximate surface area is 111 Å². The van der Waals surface area contributed by atoms with E-state index in [-0.39, 0.29) is 17.7 Å². The van der Waals surface area contributed by atoms with Crippen LogP contribution in [0.3, 0.4) is 0 Å². The molecular formula is C12H18N4O3. The molecule has 1 rings (SSSR count). The van der Waals surface area contributed by atoms with E-state index >= 15 is 0 Å². The first-order valence-corrected chi connectivity index (χ1v) is 6.22. The minimum Gasteiger partial charge on any atom is -0.344 e. The Kier molecular flexibility index (Phi) is 5.30. The highest BCUT2D eigenvalue weighted by Crippen LogP contribution is 2.09. The second kappa shape index (κ2) is 6.73. The van der Waals surface area contributed by atoms with Crippen molar-refractivity contribution in [2.45, 2.75) is 45.2 Å². The van der Waals surface area contributed by atoms with Crippen molar-refractivity contribution in [2.24, 2.45) is 5.92 Å². The van der Waals surface area contributed by atoms with E-state index in [1.165, 1.54) is 0 Å². The van der Waals surface area contributed by atoms with Crippen LogP contribution in [0.2, 0.25) is 0 Å². The van der Waals surface area contributed by atoms with Gasteiger partial charge in [0.15, 0.2) is 6.19 Å². The summed E-state index contributed by atoms with van der Waals surface area (Å²) in [5, 5.41) is 15.6. The molecule has 0 unspecified atom stereocenters. The van der Waals surface area contributed by atoms with Crippen molar-refractivity contribution >= 4 is 17.7 Å². The Morgan fingerprint density at radius 2 is 2.21 bits per heavy atom. The van der Waals surface area contributed by atoms with Gasteiger partial charge in [-0.2, -0.15) is 5.26 Å².